The van der Waals surface area contributed by atoms with Gasteiger partial charge in [0.05, 0.1) is 11.4 Å². The van der Waals surface area contributed by atoms with Gasteiger partial charge in [0.2, 0.25) is 0 Å². The second kappa shape index (κ2) is 8.53. The maximum Gasteiger partial charge on any atom is 0.253 e. The molecule has 30 heavy (non-hydrogen) atoms. The Morgan fingerprint density at radius 2 is 1.70 bits per heavy atom. The minimum atomic E-state index is -0.147. The lowest BCUT2D eigenvalue weighted by Gasteiger charge is -2.15. The van der Waals surface area contributed by atoms with Gasteiger partial charge in [-0.05, 0) is 74.7 Å². The number of hydrogen-bond donors (Lipinski definition) is 1. The minimum absolute atomic E-state index is 0.0698. The number of nitrogens with one attached hydrogen (secondary N) is 1. The molecule has 2 aromatic carbocycles. The summed E-state index contributed by atoms with van der Waals surface area (Å²) in [6, 6.07) is 16.9. The normalized spacial score (nSPS) is 13.5. The Hall–Kier alpha value is -3.41. The van der Waals surface area contributed by atoms with E-state index >= 15 is 0 Å². The van der Waals surface area contributed by atoms with Crippen LogP contribution in [0.1, 0.15) is 50.5 Å². The predicted molar refractivity (Wildman–Crippen MR) is 116 cm³/mol. The van der Waals surface area contributed by atoms with Crippen molar-refractivity contribution in [1.82, 2.24) is 20.0 Å². The van der Waals surface area contributed by atoms with E-state index in [2.05, 4.69) is 10.4 Å². The molecule has 1 N–H and O–H groups in total. The van der Waals surface area contributed by atoms with Crippen LogP contribution >= 0.6 is 0 Å². The average Bonchev–Trinajstić information content (AvgIpc) is 3.41. The molecule has 0 spiro atoms. The number of aryl methyl sites for hydroxylation is 2. The minimum Gasteiger partial charge on any atom is -0.348 e. The maximum absolute atomic E-state index is 12.6. The molecule has 0 radical (unpaired) electrons. The van der Waals surface area contributed by atoms with Crippen molar-refractivity contribution in [3.63, 3.8) is 0 Å². The summed E-state index contributed by atoms with van der Waals surface area (Å²) in [5.74, 6) is -0.0772. The molecule has 2 amide bonds. The van der Waals surface area contributed by atoms with Crippen molar-refractivity contribution in [2.45, 2.75) is 33.2 Å². The lowest BCUT2D eigenvalue weighted by atomic mass is 10.1. The standard InChI is InChI=1S/C24H26N4O2/c1-17-14-18(2)28(26-17)22-10-8-20(9-11-22)23(29)25-16-19-6-5-7-21(15-19)24(30)27-12-3-4-13-27/h5-11,14-15H,3-4,12-13,16H2,1-2H3,(H,25,29). The Morgan fingerprint density at radius 1 is 0.967 bits per heavy atom. The van der Waals surface area contributed by atoms with Crippen molar-refractivity contribution in [1.29, 1.82) is 0 Å². The van der Waals surface area contributed by atoms with Crippen LogP contribution in [-0.4, -0.2) is 39.6 Å². The van der Waals surface area contributed by atoms with Crippen molar-refractivity contribution in [3.8, 4) is 5.69 Å². The Balaban J connectivity index is 1.39. The van der Waals surface area contributed by atoms with Gasteiger partial charge in [-0.3, -0.25) is 9.59 Å². The molecule has 1 aliphatic rings. The van der Waals surface area contributed by atoms with Gasteiger partial charge in [0.1, 0.15) is 0 Å². The first-order chi connectivity index (χ1) is 14.5. The summed E-state index contributed by atoms with van der Waals surface area (Å²) in [5.41, 5.74) is 5.10. The van der Waals surface area contributed by atoms with E-state index in [9.17, 15) is 9.59 Å². The van der Waals surface area contributed by atoms with E-state index in [-0.39, 0.29) is 11.8 Å². The van der Waals surface area contributed by atoms with E-state index in [0.29, 0.717) is 17.7 Å². The first-order valence-electron chi connectivity index (χ1n) is 10.3. The smallest absolute Gasteiger partial charge is 0.253 e. The molecule has 0 bridgehead atoms. The molecule has 6 nitrogen and oxygen atoms in total. The van der Waals surface area contributed by atoms with E-state index in [1.54, 1.807) is 12.1 Å². The number of rotatable bonds is 5. The Bertz CT molecular complexity index is 1060. The maximum atomic E-state index is 12.6. The Kier molecular flexibility index (Phi) is 5.65. The average molecular weight is 402 g/mol. The summed E-state index contributed by atoms with van der Waals surface area (Å²) in [5, 5.41) is 7.41. The van der Waals surface area contributed by atoms with E-state index in [4.69, 9.17) is 0 Å². The predicted octanol–water partition coefficient (Wildman–Crippen LogP) is 3.66. The summed E-state index contributed by atoms with van der Waals surface area (Å²) in [4.78, 5) is 27.0. The first kappa shape index (κ1) is 19.9. The second-order valence-corrected chi connectivity index (χ2v) is 7.77. The number of benzene rings is 2. The van der Waals surface area contributed by atoms with Crippen molar-refractivity contribution in [2.75, 3.05) is 13.1 Å². The number of hydrogen-bond acceptors (Lipinski definition) is 3. The van der Waals surface area contributed by atoms with Gasteiger partial charge in [-0.25, -0.2) is 4.68 Å². The molecule has 0 atom stereocenters. The number of amides is 2. The van der Waals surface area contributed by atoms with Gasteiger partial charge in [0.25, 0.3) is 11.8 Å². The monoisotopic (exact) mass is 402 g/mol. The molecule has 0 unspecified atom stereocenters. The second-order valence-electron chi connectivity index (χ2n) is 7.77. The Labute approximate surface area is 176 Å². The SMILES string of the molecule is Cc1cc(C)n(-c2ccc(C(=O)NCc3cccc(C(=O)N4CCCC4)c3)cc2)n1. The molecule has 1 saturated heterocycles. The fraction of sp³-hybridized carbons (Fsp3) is 0.292. The molecule has 3 aromatic rings. The zero-order valence-corrected chi connectivity index (χ0v) is 17.4. The molecule has 1 aromatic heterocycles. The third-order valence-electron chi connectivity index (χ3n) is 5.40. The summed E-state index contributed by atoms with van der Waals surface area (Å²) < 4.78 is 1.86. The molecule has 0 saturated carbocycles. The number of carbonyl (C=O) groups is 2. The summed E-state index contributed by atoms with van der Waals surface area (Å²) in [6.45, 7) is 5.99. The van der Waals surface area contributed by atoms with Gasteiger partial charge in [-0.15, -0.1) is 0 Å². The highest BCUT2D eigenvalue weighted by Crippen LogP contribution is 2.15. The highest BCUT2D eigenvalue weighted by molar-refractivity contribution is 5.95. The highest BCUT2D eigenvalue weighted by atomic mass is 16.2. The topological polar surface area (TPSA) is 67.2 Å². The zero-order valence-electron chi connectivity index (χ0n) is 17.4. The third kappa shape index (κ3) is 4.27. The van der Waals surface area contributed by atoms with Crippen LogP contribution in [0.25, 0.3) is 5.69 Å². The molecule has 154 valence electrons. The van der Waals surface area contributed by atoms with Gasteiger partial charge < -0.3 is 10.2 Å². The van der Waals surface area contributed by atoms with Gasteiger partial charge in [-0.1, -0.05) is 12.1 Å². The van der Waals surface area contributed by atoms with Gasteiger partial charge in [-0.2, -0.15) is 5.10 Å². The lowest BCUT2D eigenvalue weighted by Crippen LogP contribution is -2.28. The van der Waals surface area contributed by atoms with E-state index < -0.39 is 0 Å². The van der Waals surface area contributed by atoms with Crippen LogP contribution in [0, 0.1) is 13.8 Å². The molecule has 2 heterocycles. The number of carbonyl (C=O) groups excluding carboxylic acids is 2. The molecule has 1 fully saturated rings. The van der Waals surface area contributed by atoms with Gasteiger partial charge >= 0.3 is 0 Å². The highest BCUT2D eigenvalue weighted by Gasteiger charge is 2.19. The molecule has 6 heteroatoms. The van der Waals surface area contributed by atoms with Crippen LogP contribution < -0.4 is 5.32 Å². The number of likely N-dealkylation sites (tertiary alicyclic amines) is 1. The quantitative estimate of drug-likeness (QED) is 0.708. The van der Waals surface area contributed by atoms with E-state index in [1.807, 2.05) is 65.9 Å². The molecule has 4 rings (SSSR count). The number of aromatic nitrogens is 2. The molecule has 1 aliphatic heterocycles. The van der Waals surface area contributed by atoms with Crippen molar-refractivity contribution >= 4 is 11.8 Å². The summed E-state index contributed by atoms with van der Waals surface area (Å²) in [6.07, 6.45) is 2.14. The third-order valence-corrected chi connectivity index (χ3v) is 5.40. The van der Waals surface area contributed by atoms with E-state index in [0.717, 1.165) is 48.6 Å². The van der Waals surface area contributed by atoms with Crippen LogP contribution in [0.2, 0.25) is 0 Å². The molecular weight excluding hydrogens is 376 g/mol. The Morgan fingerprint density at radius 3 is 2.37 bits per heavy atom. The number of nitrogens with zero attached hydrogens (tertiary/aromatic N) is 3. The largest absolute Gasteiger partial charge is 0.348 e. The van der Waals surface area contributed by atoms with Gasteiger partial charge in [0, 0.05) is 36.5 Å². The molecular formula is C24H26N4O2. The van der Waals surface area contributed by atoms with Crippen molar-refractivity contribution in [3.05, 3.63) is 82.7 Å². The van der Waals surface area contributed by atoms with Crippen molar-refractivity contribution in [2.24, 2.45) is 0 Å². The fourth-order valence-corrected chi connectivity index (χ4v) is 3.85. The first-order valence-corrected chi connectivity index (χ1v) is 10.3. The van der Waals surface area contributed by atoms with Crippen LogP contribution in [0.4, 0.5) is 0 Å². The fourth-order valence-electron chi connectivity index (χ4n) is 3.85. The molecule has 0 aliphatic carbocycles. The van der Waals surface area contributed by atoms with Crippen molar-refractivity contribution < 1.29 is 9.59 Å². The van der Waals surface area contributed by atoms with Gasteiger partial charge in [0.15, 0.2) is 0 Å². The van der Waals surface area contributed by atoms with Crippen LogP contribution in [0.15, 0.2) is 54.6 Å². The van der Waals surface area contributed by atoms with E-state index in [1.165, 1.54) is 0 Å². The van der Waals surface area contributed by atoms with Crippen LogP contribution in [-0.2, 0) is 6.54 Å². The summed E-state index contributed by atoms with van der Waals surface area (Å²) >= 11 is 0. The summed E-state index contributed by atoms with van der Waals surface area (Å²) in [7, 11) is 0. The lowest BCUT2D eigenvalue weighted by molar-refractivity contribution is 0.0792. The van der Waals surface area contributed by atoms with Crippen LogP contribution in [0.5, 0.6) is 0 Å². The van der Waals surface area contributed by atoms with Crippen LogP contribution in [0.3, 0.4) is 0 Å². The zero-order chi connectivity index (χ0) is 21.1.